The number of carbonyl (C=O) groups excluding carboxylic acids is 2. The number of hydrogen-bond donors (Lipinski definition) is 1. The molecule has 8 nitrogen and oxygen atoms in total. The third-order valence-corrected chi connectivity index (χ3v) is 10.9. The van der Waals surface area contributed by atoms with Gasteiger partial charge in [0.15, 0.2) is 0 Å². The molecule has 3 heterocycles. The monoisotopic (exact) mass is 778 g/mol. The molecule has 0 saturated carbocycles. The van der Waals surface area contributed by atoms with E-state index in [-0.39, 0.29) is 17.9 Å². The van der Waals surface area contributed by atoms with Gasteiger partial charge < -0.3 is 14.8 Å². The highest BCUT2D eigenvalue weighted by Gasteiger charge is 2.34. The Labute approximate surface area is 307 Å². The van der Waals surface area contributed by atoms with Crippen molar-refractivity contribution in [2.75, 3.05) is 13.1 Å². The van der Waals surface area contributed by atoms with Gasteiger partial charge in [0.05, 0.1) is 53.2 Å². The molecule has 9 heteroatoms. The molecule has 7 rings (SSSR count). The number of nitrogens with zero attached hydrogens (tertiary/aromatic N) is 5. The second-order valence-electron chi connectivity index (χ2n) is 13.3. The molecule has 2 amide bonds. The van der Waals surface area contributed by atoms with Crippen LogP contribution in [0.4, 0.5) is 0 Å². The van der Waals surface area contributed by atoms with E-state index in [1.54, 1.807) is 0 Å². The van der Waals surface area contributed by atoms with E-state index in [4.69, 9.17) is 9.97 Å². The molecule has 6 aromatic rings. The van der Waals surface area contributed by atoms with Crippen molar-refractivity contribution in [1.82, 2.24) is 27.5 Å². The molecule has 50 heavy (non-hydrogen) atoms. The molecule has 0 unspecified atom stereocenters. The Morgan fingerprint density at radius 2 is 1.52 bits per heavy atom. The maximum atomic E-state index is 12.9. The number of fused-ring (bicyclic) bond motifs is 6. The first-order chi connectivity index (χ1) is 24.3. The molecule has 0 radical (unpaired) electrons. The summed E-state index contributed by atoms with van der Waals surface area (Å²) in [4.78, 5) is 42.6. The second-order valence-corrected chi connectivity index (χ2v) is 14.3. The van der Waals surface area contributed by atoms with Gasteiger partial charge in [-0.2, -0.15) is 0 Å². The predicted molar refractivity (Wildman–Crippen MR) is 211 cm³/mol. The average molecular weight is 779 g/mol. The molecule has 0 spiro atoms. The molecular formula is C41H43IN6O2. The van der Waals surface area contributed by atoms with Crippen molar-refractivity contribution >= 4 is 67.0 Å². The van der Waals surface area contributed by atoms with Crippen molar-refractivity contribution in [1.29, 1.82) is 0 Å². The first-order valence-electron chi connectivity index (χ1n) is 17.7. The SMILES string of the molecule is C=C1CCN(C(=O)CCC)[C@@H]1c1ncc(-c2ccc3c4ccc(-c5cnc(CN(CCC)C(=O)CCC)n5I)cc4c4ccccc4c3c2)[nH]1. The quantitative estimate of drug-likeness (QED) is 0.0807. The van der Waals surface area contributed by atoms with E-state index in [1.807, 2.05) is 36.0 Å². The zero-order valence-electron chi connectivity index (χ0n) is 29.0. The summed E-state index contributed by atoms with van der Waals surface area (Å²) in [6, 6.07) is 21.7. The van der Waals surface area contributed by atoms with Crippen LogP contribution in [0.2, 0.25) is 0 Å². The molecule has 4 aromatic carbocycles. The Hall–Kier alpha value is -4.51. The molecular weight excluding hydrogens is 735 g/mol. The summed E-state index contributed by atoms with van der Waals surface area (Å²) in [7, 11) is 0. The second kappa shape index (κ2) is 14.4. The Morgan fingerprint density at radius 3 is 2.20 bits per heavy atom. The van der Waals surface area contributed by atoms with Crippen molar-refractivity contribution in [2.45, 2.75) is 71.9 Å². The van der Waals surface area contributed by atoms with Gasteiger partial charge in [0.2, 0.25) is 11.8 Å². The standard InChI is InChI=1S/C41H43IN6O2/c1-5-10-38(49)46(19-7-3)25-37-43-24-36(48(37)42)28-15-17-32-31-16-14-27(21-33(31)29-12-8-9-13-30(29)34(32)22-28)35-23-44-41(45-35)40-26(4)18-20-47(40)39(50)11-6-2/h8-9,12-17,21-24,40H,4-7,10-11,18-20,25H2,1-3H3,(H,44,45)/t40-/m0/s1. The van der Waals surface area contributed by atoms with E-state index in [0.717, 1.165) is 72.0 Å². The summed E-state index contributed by atoms with van der Waals surface area (Å²) in [5.74, 6) is 1.98. The Morgan fingerprint density at radius 1 is 0.860 bits per heavy atom. The van der Waals surface area contributed by atoms with E-state index >= 15 is 0 Å². The van der Waals surface area contributed by atoms with Crippen LogP contribution in [0.25, 0.3) is 54.8 Å². The van der Waals surface area contributed by atoms with Gasteiger partial charge in [0, 0.05) is 37.1 Å². The topological polar surface area (TPSA) is 87.1 Å². The Balaban J connectivity index is 1.25. The minimum atomic E-state index is -0.212. The first-order valence-corrected chi connectivity index (χ1v) is 18.7. The lowest BCUT2D eigenvalue weighted by Crippen LogP contribution is -2.31. The van der Waals surface area contributed by atoms with Gasteiger partial charge >= 0.3 is 0 Å². The van der Waals surface area contributed by atoms with Crippen molar-refractivity contribution < 1.29 is 9.59 Å². The number of aromatic nitrogens is 4. The lowest BCUT2D eigenvalue weighted by atomic mass is 9.91. The third-order valence-electron chi connectivity index (χ3n) is 9.87. The van der Waals surface area contributed by atoms with E-state index in [0.29, 0.717) is 25.9 Å². The fraction of sp³-hybridized carbons (Fsp3) is 0.317. The summed E-state index contributed by atoms with van der Waals surface area (Å²) in [6.07, 6.45) is 8.26. The Bertz CT molecular complexity index is 2230. The number of rotatable bonds is 11. The number of likely N-dealkylation sites (tertiary alicyclic amines) is 1. The van der Waals surface area contributed by atoms with Crippen molar-refractivity contribution in [3.8, 4) is 22.5 Å². The summed E-state index contributed by atoms with van der Waals surface area (Å²) in [5.41, 5.74) is 5.08. The molecule has 0 bridgehead atoms. The maximum absolute atomic E-state index is 12.9. The lowest BCUT2D eigenvalue weighted by Gasteiger charge is -2.23. The molecule has 1 aliphatic rings. The first kappa shape index (κ1) is 34.0. The van der Waals surface area contributed by atoms with Crippen LogP contribution in [-0.4, -0.2) is 52.4 Å². The van der Waals surface area contributed by atoms with Gasteiger partial charge in [-0.25, -0.2) is 9.97 Å². The minimum Gasteiger partial charge on any atom is -0.340 e. The van der Waals surface area contributed by atoms with Crippen LogP contribution in [0.3, 0.4) is 0 Å². The van der Waals surface area contributed by atoms with Crippen molar-refractivity contribution in [2.24, 2.45) is 0 Å². The predicted octanol–water partition coefficient (Wildman–Crippen LogP) is 9.77. The van der Waals surface area contributed by atoms with Crippen LogP contribution >= 0.6 is 22.9 Å². The molecule has 2 aromatic heterocycles. The lowest BCUT2D eigenvalue weighted by molar-refractivity contribution is -0.132. The average Bonchev–Trinajstić information content (AvgIpc) is 3.86. The number of carbonyl (C=O) groups is 2. The van der Waals surface area contributed by atoms with E-state index in [1.165, 1.54) is 32.3 Å². The number of benzene rings is 4. The van der Waals surface area contributed by atoms with Crippen LogP contribution in [0.1, 0.15) is 77.0 Å². The van der Waals surface area contributed by atoms with Gasteiger partial charge in [0.1, 0.15) is 17.7 Å². The van der Waals surface area contributed by atoms with Crippen LogP contribution in [0, 0.1) is 0 Å². The zero-order chi connectivity index (χ0) is 34.9. The molecule has 1 fully saturated rings. The highest BCUT2D eigenvalue weighted by atomic mass is 127. The number of H-pyrrole nitrogens is 1. The number of aromatic amines is 1. The molecule has 1 N–H and O–H groups in total. The number of nitrogens with one attached hydrogen (secondary N) is 1. The van der Waals surface area contributed by atoms with Gasteiger partial charge in [-0.05, 0) is 75.7 Å². The summed E-state index contributed by atoms with van der Waals surface area (Å²) < 4.78 is 2.09. The fourth-order valence-corrected chi connectivity index (χ4v) is 8.07. The number of amides is 2. The Kier molecular flexibility index (Phi) is 9.77. The van der Waals surface area contributed by atoms with E-state index in [2.05, 4.69) is 105 Å². The molecule has 256 valence electrons. The highest BCUT2D eigenvalue weighted by molar-refractivity contribution is 14.1. The molecule has 0 aliphatic carbocycles. The minimum absolute atomic E-state index is 0.155. The van der Waals surface area contributed by atoms with E-state index < -0.39 is 0 Å². The van der Waals surface area contributed by atoms with Gasteiger partial charge in [-0.1, -0.05) is 75.9 Å². The van der Waals surface area contributed by atoms with Crippen LogP contribution < -0.4 is 0 Å². The van der Waals surface area contributed by atoms with Crippen LogP contribution in [0.5, 0.6) is 0 Å². The maximum Gasteiger partial charge on any atom is 0.223 e. The summed E-state index contributed by atoms with van der Waals surface area (Å²) in [5, 5.41) is 7.10. The normalized spacial score (nSPS) is 14.8. The van der Waals surface area contributed by atoms with E-state index in [9.17, 15) is 9.59 Å². The zero-order valence-corrected chi connectivity index (χ0v) is 31.2. The number of imidazole rings is 2. The molecule has 1 atom stereocenters. The van der Waals surface area contributed by atoms with Crippen molar-refractivity contribution in [3.63, 3.8) is 0 Å². The molecule has 1 saturated heterocycles. The smallest absolute Gasteiger partial charge is 0.223 e. The van der Waals surface area contributed by atoms with Crippen LogP contribution in [-0.2, 0) is 16.1 Å². The molecule has 1 aliphatic heterocycles. The van der Waals surface area contributed by atoms with Gasteiger partial charge in [-0.15, -0.1) is 0 Å². The van der Waals surface area contributed by atoms with Gasteiger partial charge in [0.25, 0.3) is 0 Å². The summed E-state index contributed by atoms with van der Waals surface area (Å²) in [6.45, 7) is 12.4. The number of halogens is 1. The highest BCUT2D eigenvalue weighted by Crippen LogP contribution is 2.40. The fourth-order valence-electron chi connectivity index (χ4n) is 7.39. The number of hydrogen-bond acceptors (Lipinski definition) is 4. The summed E-state index contributed by atoms with van der Waals surface area (Å²) >= 11 is 2.32. The van der Waals surface area contributed by atoms with Crippen molar-refractivity contribution in [3.05, 3.63) is 96.9 Å². The van der Waals surface area contributed by atoms with Gasteiger partial charge in [-0.3, -0.25) is 12.4 Å². The van der Waals surface area contributed by atoms with Crippen LogP contribution in [0.15, 0.2) is 85.2 Å². The third kappa shape index (κ3) is 6.20. The largest absolute Gasteiger partial charge is 0.340 e.